The fourth-order valence-corrected chi connectivity index (χ4v) is 1.45. The number of hydrogen-bond donors (Lipinski definition) is 2. The van der Waals surface area contributed by atoms with Crippen LogP contribution in [-0.2, 0) is 4.79 Å². The van der Waals surface area contributed by atoms with E-state index in [1.54, 1.807) is 0 Å². The summed E-state index contributed by atoms with van der Waals surface area (Å²) in [6, 6.07) is 4.02. The second-order valence-corrected chi connectivity index (χ2v) is 3.89. The molecule has 0 aliphatic heterocycles. The first-order valence-electron chi connectivity index (χ1n) is 5.34. The molecule has 1 rings (SSSR count). The van der Waals surface area contributed by atoms with Crippen molar-refractivity contribution in [2.75, 3.05) is 0 Å². The van der Waals surface area contributed by atoms with Crippen molar-refractivity contribution in [3.8, 4) is 0 Å². The lowest BCUT2D eigenvalue weighted by molar-refractivity contribution is -0.384. The third kappa shape index (κ3) is 3.95. The molecule has 6 nitrogen and oxygen atoms in total. The number of aliphatic hydroxyl groups is 1. The van der Waals surface area contributed by atoms with E-state index in [1.807, 2.05) is 5.32 Å². The zero-order valence-corrected chi connectivity index (χ0v) is 9.92. The van der Waals surface area contributed by atoms with E-state index in [-0.39, 0.29) is 11.3 Å². The Hall–Kier alpha value is -2.09. The SMILES string of the molecule is C[C@@H](NC(=O)C(F)F)C(O)c1ccc([N+](=O)[O-])cc1. The number of carbonyl (C=O) groups excluding carboxylic acids is 1. The number of nitrogens with one attached hydrogen (secondary N) is 1. The quantitative estimate of drug-likeness (QED) is 0.627. The summed E-state index contributed by atoms with van der Waals surface area (Å²) < 4.78 is 24.1. The van der Waals surface area contributed by atoms with Gasteiger partial charge < -0.3 is 10.4 Å². The Morgan fingerprint density at radius 1 is 1.37 bits per heavy atom. The van der Waals surface area contributed by atoms with Crippen LogP contribution in [0.3, 0.4) is 0 Å². The summed E-state index contributed by atoms with van der Waals surface area (Å²) in [5, 5.41) is 22.2. The van der Waals surface area contributed by atoms with Crippen LogP contribution in [0.15, 0.2) is 24.3 Å². The van der Waals surface area contributed by atoms with E-state index in [4.69, 9.17) is 0 Å². The first-order chi connectivity index (χ1) is 8.82. The van der Waals surface area contributed by atoms with Gasteiger partial charge in [0, 0.05) is 12.1 Å². The number of hydrogen-bond acceptors (Lipinski definition) is 4. The molecule has 1 amide bonds. The number of nitro groups is 1. The average molecular weight is 274 g/mol. The van der Waals surface area contributed by atoms with Crippen LogP contribution in [0.25, 0.3) is 0 Å². The minimum absolute atomic E-state index is 0.153. The van der Waals surface area contributed by atoms with Crippen LogP contribution >= 0.6 is 0 Å². The van der Waals surface area contributed by atoms with Gasteiger partial charge in [-0.15, -0.1) is 0 Å². The normalized spacial score (nSPS) is 13.9. The molecular formula is C11H12F2N2O4. The predicted molar refractivity (Wildman–Crippen MR) is 61.7 cm³/mol. The van der Waals surface area contributed by atoms with Crippen molar-refractivity contribution in [3.63, 3.8) is 0 Å². The highest BCUT2D eigenvalue weighted by molar-refractivity contribution is 5.79. The molecule has 0 aliphatic carbocycles. The molecule has 0 saturated heterocycles. The maximum absolute atomic E-state index is 12.0. The monoisotopic (exact) mass is 274 g/mol. The van der Waals surface area contributed by atoms with E-state index in [0.717, 1.165) is 0 Å². The number of alkyl halides is 2. The summed E-state index contributed by atoms with van der Waals surface area (Å²) in [6.07, 6.45) is -4.39. The van der Waals surface area contributed by atoms with Crippen LogP contribution in [0.4, 0.5) is 14.5 Å². The Morgan fingerprint density at radius 3 is 2.32 bits per heavy atom. The summed E-state index contributed by atoms with van der Waals surface area (Å²) >= 11 is 0. The van der Waals surface area contributed by atoms with Crippen molar-refractivity contribution in [1.82, 2.24) is 5.32 Å². The van der Waals surface area contributed by atoms with Crippen molar-refractivity contribution in [3.05, 3.63) is 39.9 Å². The number of carbonyl (C=O) groups is 1. The Bertz CT molecular complexity index is 464. The van der Waals surface area contributed by atoms with Gasteiger partial charge in [0.2, 0.25) is 0 Å². The number of halogens is 2. The van der Waals surface area contributed by atoms with Crippen LogP contribution in [0.1, 0.15) is 18.6 Å². The third-order valence-electron chi connectivity index (χ3n) is 2.49. The van der Waals surface area contributed by atoms with E-state index < -0.39 is 29.4 Å². The molecule has 0 spiro atoms. The Kier molecular flexibility index (Phi) is 4.87. The van der Waals surface area contributed by atoms with Gasteiger partial charge in [-0.1, -0.05) is 0 Å². The molecule has 1 unspecified atom stereocenters. The lowest BCUT2D eigenvalue weighted by atomic mass is 10.0. The second kappa shape index (κ2) is 6.19. The summed E-state index contributed by atoms with van der Waals surface area (Å²) in [7, 11) is 0. The fourth-order valence-electron chi connectivity index (χ4n) is 1.45. The van der Waals surface area contributed by atoms with Crippen molar-refractivity contribution in [2.45, 2.75) is 25.5 Å². The van der Waals surface area contributed by atoms with Gasteiger partial charge in [0.1, 0.15) is 0 Å². The number of nitrogens with zero attached hydrogens (tertiary/aromatic N) is 1. The first-order valence-corrected chi connectivity index (χ1v) is 5.34. The highest BCUT2D eigenvalue weighted by Crippen LogP contribution is 2.20. The number of rotatable bonds is 5. The van der Waals surface area contributed by atoms with Gasteiger partial charge in [0.05, 0.1) is 17.1 Å². The molecule has 0 heterocycles. The van der Waals surface area contributed by atoms with E-state index in [0.29, 0.717) is 0 Å². The standard InChI is InChI=1S/C11H12F2N2O4/c1-6(14-11(17)10(12)13)9(16)7-2-4-8(5-3-7)15(18)19/h2-6,9-10,16H,1H3,(H,14,17)/t6-,9?/m1/s1. The minimum Gasteiger partial charge on any atom is -0.386 e. The number of nitro benzene ring substituents is 1. The molecule has 0 fully saturated rings. The fraction of sp³-hybridized carbons (Fsp3) is 0.364. The Morgan fingerprint density at radius 2 is 1.89 bits per heavy atom. The van der Waals surface area contributed by atoms with Crippen molar-refractivity contribution in [2.24, 2.45) is 0 Å². The second-order valence-electron chi connectivity index (χ2n) is 3.89. The molecule has 0 aliphatic rings. The smallest absolute Gasteiger partial charge is 0.315 e. The lowest BCUT2D eigenvalue weighted by Gasteiger charge is -2.20. The summed E-state index contributed by atoms with van der Waals surface area (Å²) in [5.41, 5.74) is 0.132. The summed E-state index contributed by atoms with van der Waals surface area (Å²) in [6.45, 7) is 1.35. The van der Waals surface area contributed by atoms with Gasteiger partial charge in [-0.3, -0.25) is 14.9 Å². The van der Waals surface area contributed by atoms with Crippen molar-refractivity contribution >= 4 is 11.6 Å². The van der Waals surface area contributed by atoms with E-state index in [9.17, 15) is 28.8 Å². The van der Waals surface area contributed by atoms with Crippen molar-refractivity contribution < 1.29 is 23.6 Å². The van der Waals surface area contributed by atoms with Crippen LogP contribution in [0.5, 0.6) is 0 Å². The molecule has 1 aromatic carbocycles. The molecular weight excluding hydrogens is 262 g/mol. The molecule has 1 aromatic rings. The predicted octanol–water partition coefficient (Wildman–Crippen LogP) is 1.40. The molecule has 0 saturated carbocycles. The van der Waals surface area contributed by atoms with Gasteiger partial charge in [0.25, 0.3) is 11.6 Å². The van der Waals surface area contributed by atoms with E-state index >= 15 is 0 Å². The topological polar surface area (TPSA) is 92.5 Å². The maximum Gasteiger partial charge on any atom is 0.315 e. The lowest BCUT2D eigenvalue weighted by Crippen LogP contribution is -2.40. The van der Waals surface area contributed by atoms with Gasteiger partial charge in [0.15, 0.2) is 0 Å². The van der Waals surface area contributed by atoms with Gasteiger partial charge >= 0.3 is 6.43 Å². The van der Waals surface area contributed by atoms with Crippen molar-refractivity contribution in [1.29, 1.82) is 0 Å². The third-order valence-corrected chi connectivity index (χ3v) is 2.49. The van der Waals surface area contributed by atoms with Crippen LogP contribution in [0, 0.1) is 10.1 Å². The molecule has 2 N–H and O–H groups in total. The number of non-ortho nitro benzene ring substituents is 1. The van der Waals surface area contributed by atoms with Gasteiger partial charge in [-0.25, -0.2) is 0 Å². The largest absolute Gasteiger partial charge is 0.386 e. The number of aliphatic hydroxyl groups excluding tert-OH is 1. The van der Waals surface area contributed by atoms with Crippen LogP contribution in [0.2, 0.25) is 0 Å². The average Bonchev–Trinajstić information content (AvgIpc) is 2.37. The molecule has 104 valence electrons. The molecule has 19 heavy (non-hydrogen) atoms. The molecule has 0 bridgehead atoms. The van der Waals surface area contributed by atoms with Crippen LogP contribution < -0.4 is 5.32 Å². The summed E-state index contributed by atoms with van der Waals surface area (Å²) in [5.74, 6) is -1.48. The highest BCUT2D eigenvalue weighted by atomic mass is 19.3. The molecule has 0 radical (unpaired) electrons. The number of amides is 1. The van der Waals surface area contributed by atoms with Crippen LogP contribution in [-0.4, -0.2) is 28.4 Å². The van der Waals surface area contributed by atoms with E-state index in [2.05, 4.69) is 0 Å². The first kappa shape index (κ1) is 15.0. The Balaban J connectivity index is 2.73. The van der Waals surface area contributed by atoms with Gasteiger partial charge in [-0.2, -0.15) is 8.78 Å². The highest BCUT2D eigenvalue weighted by Gasteiger charge is 2.23. The molecule has 2 atom stereocenters. The molecule has 8 heteroatoms. The maximum atomic E-state index is 12.0. The Labute approximate surface area is 107 Å². The number of benzene rings is 1. The molecule has 0 aromatic heterocycles. The minimum atomic E-state index is -3.16. The van der Waals surface area contributed by atoms with Gasteiger partial charge in [-0.05, 0) is 24.6 Å². The zero-order valence-electron chi connectivity index (χ0n) is 9.92. The summed E-state index contributed by atoms with van der Waals surface area (Å²) in [4.78, 5) is 20.6. The zero-order chi connectivity index (χ0) is 14.6. The van der Waals surface area contributed by atoms with E-state index in [1.165, 1.54) is 31.2 Å².